The Hall–Kier alpha value is -2.97. The van der Waals surface area contributed by atoms with Gasteiger partial charge in [0.15, 0.2) is 11.5 Å². The first kappa shape index (κ1) is 20.0. The average molecular weight is 417 g/mol. The van der Waals surface area contributed by atoms with E-state index in [1.165, 1.54) is 0 Å². The molecule has 2 bridgehead atoms. The zero-order chi connectivity index (χ0) is 21.6. The van der Waals surface area contributed by atoms with Crippen molar-refractivity contribution in [2.45, 2.75) is 49.6 Å². The lowest BCUT2D eigenvalue weighted by Crippen LogP contribution is -2.62. The molecule has 4 atom stereocenters. The summed E-state index contributed by atoms with van der Waals surface area (Å²) in [4.78, 5) is 14.7. The van der Waals surface area contributed by atoms with E-state index in [2.05, 4.69) is 17.2 Å². The normalized spacial score (nSPS) is 28.5. The molecule has 1 saturated carbocycles. The van der Waals surface area contributed by atoms with Gasteiger partial charge in [0, 0.05) is 41.6 Å². The predicted octanol–water partition coefficient (Wildman–Crippen LogP) is 2.93. The fourth-order valence-corrected chi connectivity index (χ4v) is 6.23. The average Bonchev–Trinajstić information content (AvgIpc) is 2.79. The number of nitrogens with zero attached hydrogens (tertiary/aromatic N) is 1. The van der Waals surface area contributed by atoms with Gasteiger partial charge in [-0.1, -0.05) is 30.2 Å². The molecular formula is C26H28N2O3. The zero-order valence-corrected chi connectivity index (χ0v) is 17.8. The molecule has 5 nitrogen and oxygen atoms in total. The van der Waals surface area contributed by atoms with Gasteiger partial charge >= 0.3 is 0 Å². The molecule has 2 aliphatic carbocycles. The topological polar surface area (TPSA) is 72.8 Å². The molecule has 1 saturated heterocycles. The number of amides is 1. The Morgan fingerprint density at radius 1 is 1.16 bits per heavy atom. The van der Waals surface area contributed by atoms with Crippen LogP contribution in [0.1, 0.15) is 42.4 Å². The fourth-order valence-electron chi connectivity index (χ4n) is 6.23. The second-order valence-electron chi connectivity index (χ2n) is 9.20. The maximum atomic E-state index is 12.9. The molecule has 3 N–H and O–H groups in total. The first-order valence-electron chi connectivity index (χ1n) is 11.1. The van der Waals surface area contributed by atoms with Gasteiger partial charge in [0.2, 0.25) is 0 Å². The third-order valence-corrected chi connectivity index (χ3v) is 7.76. The number of phenolic OH excluding ortho intramolecular Hbond substituents is 2. The van der Waals surface area contributed by atoms with Crippen molar-refractivity contribution in [1.29, 1.82) is 0 Å². The first-order valence-corrected chi connectivity index (χ1v) is 11.1. The number of rotatable bonds is 1. The van der Waals surface area contributed by atoms with E-state index < -0.39 is 0 Å². The Morgan fingerprint density at radius 3 is 2.77 bits per heavy atom. The number of piperidine rings is 1. The molecular weight excluding hydrogens is 388 g/mol. The summed E-state index contributed by atoms with van der Waals surface area (Å²) in [6, 6.07) is 13.6. The molecule has 3 aliphatic rings. The van der Waals surface area contributed by atoms with E-state index in [4.69, 9.17) is 0 Å². The van der Waals surface area contributed by atoms with Crippen molar-refractivity contribution in [2.24, 2.45) is 5.92 Å². The van der Waals surface area contributed by atoms with Crippen molar-refractivity contribution in [2.75, 3.05) is 13.6 Å². The van der Waals surface area contributed by atoms with Crippen LogP contribution in [0.5, 0.6) is 11.5 Å². The van der Waals surface area contributed by atoms with Crippen molar-refractivity contribution < 1.29 is 15.0 Å². The number of phenols is 2. The number of carbonyl (C=O) groups is 1. The number of nitrogens with one attached hydrogen (secondary N) is 1. The molecule has 2 aromatic rings. The smallest absolute Gasteiger partial charge is 0.298 e. The summed E-state index contributed by atoms with van der Waals surface area (Å²) < 4.78 is 0. The minimum atomic E-state index is -0.154. The molecule has 0 unspecified atom stereocenters. The molecule has 1 amide bonds. The van der Waals surface area contributed by atoms with Gasteiger partial charge in [-0.05, 0) is 68.3 Å². The largest absolute Gasteiger partial charge is 0.504 e. The second-order valence-corrected chi connectivity index (χ2v) is 9.20. The van der Waals surface area contributed by atoms with Gasteiger partial charge in [-0.15, -0.1) is 0 Å². The van der Waals surface area contributed by atoms with Crippen LogP contribution in [0.4, 0.5) is 0 Å². The molecule has 2 fully saturated rings. The Morgan fingerprint density at radius 2 is 1.97 bits per heavy atom. The summed E-state index contributed by atoms with van der Waals surface area (Å²) in [5.41, 5.74) is 2.78. The number of hydrogen-bond donors (Lipinski definition) is 3. The molecule has 31 heavy (non-hydrogen) atoms. The lowest BCUT2D eigenvalue weighted by Gasteiger charge is -2.58. The monoisotopic (exact) mass is 416 g/mol. The fraction of sp³-hybridized carbons (Fsp3) is 0.423. The standard InChI is InChI=1S/C26H28N2O3/c1-28(24(30)12-7-17-5-3-2-4-6-17)18-8-9-21-22-15-19-20(10-11-23(29)25(19)31)26(21,16-18)13-14-27-22/h2-6,10-11,18,21-22,27,29,31H,8-9,13-16H2,1H3/t18-,21+,22-,26-/m1/s1. The zero-order valence-electron chi connectivity index (χ0n) is 17.8. The van der Waals surface area contributed by atoms with Crippen LogP contribution in [0.2, 0.25) is 0 Å². The van der Waals surface area contributed by atoms with E-state index >= 15 is 0 Å². The number of fused-ring (bicyclic) bond motifs is 1. The Kier molecular flexibility index (Phi) is 4.91. The van der Waals surface area contributed by atoms with E-state index in [9.17, 15) is 15.0 Å². The van der Waals surface area contributed by atoms with Crippen LogP contribution in [-0.2, 0) is 16.6 Å². The van der Waals surface area contributed by atoms with Gasteiger partial charge in [-0.3, -0.25) is 4.79 Å². The van der Waals surface area contributed by atoms with E-state index in [-0.39, 0.29) is 28.9 Å². The lowest BCUT2D eigenvalue weighted by molar-refractivity contribution is -0.127. The van der Waals surface area contributed by atoms with Crippen LogP contribution in [-0.4, -0.2) is 46.7 Å². The summed E-state index contributed by atoms with van der Waals surface area (Å²) in [5, 5.41) is 24.3. The molecule has 1 aliphatic heterocycles. The van der Waals surface area contributed by atoms with Crippen molar-refractivity contribution in [3.05, 3.63) is 59.2 Å². The first-order chi connectivity index (χ1) is 15.0. The predicted molar refractivity (Wildman–Crippen MR) is 119 cm³/mol. The minimum absolute atomic E-state index is 0.0179. The van der Waals surface area contributed by atoms with E-state index in [0.717, 1.165) is 55.3 Å². The van der Waals surface area contributed by atoms with Gasteiger partial charge in [0.25, 0.3) is 5.91 Å². The summed E-state index contributed by atoms with van der Waals surface area (Å²) in [6.07, 6.45) is 4.57. The molecule has 1 heterocycles. The van der Waals surface area contributed by atoms with Crippen molar-refractivity contribution >= 4 is 5.91 Å². The molecule has 5 rings (SSSR count). The lowest BCUT2D eigenvalue weighted by atomic mass is 9.51. The molecule has 0 aromatic heterocycles. The van der Waals surface area contributed by atoms with Crippen molar-refractivity contribution in [3.8, 4) is 23.3 Å². The van der Waals surface area contributed by atoms with E-state index in [0.29, 0.717) is 12.0 Å². The molecule has 5 heteroatoms. The van der Waals surface area contributed by atoms with Gasteiger partial charge in [-0.2, -0.15) is 0 Å². The highest BCUT2D eigenvalue weighted by Crippen LogP contribution is 2.56. The summed E-state index contributed by atoms with van der Waals surface area (Å²) >= 11 is 0. The Bertz CT molecular complexity index is 1070. The van der Waals surface area contributed by atoms with Gasteiger partial charge < -0.3 is 20.4 Å². The molecule has 160 valence electrons. The Balaban J connectivity index is 1.44. The molecule has 0 spiro atoms. The van der Waals surface area contributed by atoms with Crippen LogP contribution < -0.4 is 5.32 Å². The minimum Gasteiger partial charge on any atom is -0.504 e. The highest BCUT2D eigenvalue weighted by atomic mass is 16.3. The maximum Gasteiger partial charge on any atom is 0.298 e. The summed E-state index contributed by atoms with van der Waals surface area (Å²) in [7, 11) is 1.86. The Labute approximate surface area is 183 Å². The van der Waals surface area contributed by atoms with Gasteiger partial charge in [0.05, 0.1) is 0 Å². The quantitative estimate of drug-likeness (QED) is 0.494. The van der Waals surface area contributed by atoms with Gasteiger partial charge in [-0.25, -0.2) is 0 Å². The summed E-state index contributed by atoms with van der Waals surface area (Å²) in [5.74, 6) is 6.08. The third-order valence-electron chi connectivity index (χ3n) is 7.76. The molecule has 0 radical (unpaired) electrons. The number of aromatic hydroxyl groups is 2. The van der Waals surface area contributed by atoms with Crippen LogP contribution >= 0.6 is 0 Å². The van der Waals surface area contributed by atoms with Crippen LogP contribution in [0.15, 0.2) is 42.5 Å². The van der Waals surface area contributed by atoms with Crippen LogP contribution in [0.3, 0.4) is 0 Å². The van der Waals surface area contributed by atoms with Crippen LogP contribution in [0.25, 0.3) is 0 Å². The number of hydrogen-bond acceptors (Lipinski definition) is 4. The van der Waals surface area contributed by atoms with E-state index in [1.807, 2.05) is 48.3 Å². The maximum absolute atomic E-state index is 12.9. The number of carbonyl (C=O) groups excluding carboxylic acids is 1. The molecule has 2 aromatic carbocycles. The second kappa shape index (κ2) is 7.62. The highest BCUT2D eigenvalue weighted by Gasteiger charge is 2.54. The van der Waals surface area contributed by atoms with E-state index in [1.54, 1.807) is 6.07 Å². The van der Waals surface area contributed by atoms with Crippen LogP contribution in [0, 0.1) is 17.8 Å². The highest BCUT2D eigenvalue weighted by molar-refractivity contribution is 5.94. The van der Waals surface area contributed by atoms with Gasteiger partial charge in [0.1, 0.15) is 0 Å². The van der Waals surface area contributed by atoms with Crippen molar-refractivity contribution in [1.82, 2.24) is 10.2 Å². The number of benzene rings is 2. The SMILES string of the molecule is CN(C(=O)C#Cc1ccccc1)[C@@H]1CC[C@H]2[C@H]3Cc4c(ccc(O)c4O)[C@@]2(CCN3)C1. The summed E-state index contributed by atoms with van der Waals surface area (Å²) in [6.45, 7) is 0.931. The third kappa shape index (κ3) is 3.26. The van der Waals surface area contributed by atoms with Crippen molar-refractivity contribution in [3.63, 3.8) is 0 Å².